The molecule has 0 aromatic heterocycles. The van der Waals surface area contributed by atoms with Crippen molar-refractivity contribution in [3.8, 4) is 0 Å². The molecule has 1 aromatic carbocycles. The number of halogens is 2. The molecular formula is C7H4F2. The predicted octanol–water partition coefficient (Wildman–Crippen LogP) is 2.14. The average molecular weight is 126 g/mol. The maximum Gasteiger partial charge on any atom is 0.299 e. The summed E-state index contributed by atoms with van der Waals surface area (Å²) in [6, 6.07) is 6.16. The third kappa shape index (κ3) is 0.453. The fraction of sp³-hybridized carbons (Fsp3) is 0.143. The van der Waals surface area contributed by atoms with Gasteiger partial charge < -0.3 is 0 Å². The summed E-state index contributed by atoms with van der Waals surface area (Å²) in [5.41, 5.74) is 0.370. The monoisotopic (exact) mass is 126 g/mol. The molecular weight excluding hydrogens is 122 g/mol. The maximum absolute atomic E-state index is 12.3. The van der Waals surface area contributed by atoms with E-state index >= 15 is 0 Å². The SMILES string of the molecule is FC1(F)c2ccccc21. The van der Waals surface area contributed by atoms with Crippen LogP contribution in [0.5, 0.6) is 0 Å². The normalized spacial score (nSPS) is 18.9. The molecule has 0 heterocycles. The van der Waals surface area contributed by atoms with Crippen LogP contribution in [0.3, 0.4) is 0 Å². The van der Waals surface area contributed by atoms with Gasteiger partial charge in [0.15, 0.2) is 0 Å². The van der Waals surface area contributed by atoms with E-state index in [-0.39, 0.29) is 11.1 Å². The number of alkyl halides is 2. The molecule has 1 aliphatic carbocycles. The van der Waals surface area contributed by atoms with Crippen molar-refractivity contribution in [3.63, 3.8) is 0 Å². The minimum Gasteiger partial charge on any atom is -0.196 e. The molecule has 0 spiro atoms. The summed E-state index contributed by atoms with van der Waals surface area (Å²) in [6.07, 6.45) is 0. The highest BCUT2D eigenvalue weighted by atomic mass is 19.3. The number of hydrogen-bond acceptors (Lipinski definition) is 0. The average Bonchev–Trinajstić information content (AvgIpc) is 2.39. The van der Waals surface area contributed by atoms with Gasteiger partial charge in [-0.25, -0.2) is 0 Å². The molecule has 0 N–H and O–H groups in total. The molecule has 0 amide bonds. The molecule has 1 aliphatic rings. The minimum absolute atomic E-state index is 0.185. The first kappa shape index (κ1) is 4.91. The fourth-order valence-electron chi connectivity index (χ4n) is 0.963. The van der Waals surface area contributed by atoms with Crippen molar-refractivity contribution in [1.29, 1.82) is 0 Å². The zero-order chi connectivity index (χ0) is 6.48. The first-order valence-electron chi connectivity index (χ1n) is 2.71. The lowest BCUT2D eigenvalue weighted by Crippen LogP contribution is -1.82. The second-order valence-electron chi connectivity index (χ2n) is 2.12. The Balaban J connectivity index is 2.58. The van der Waals surface area contributed by atoms with Gasteiger partial charge in [-0.3, -0.25) is 0 Å². The van der Waals surface area contributed by atoms with Crippen molar-refractivity contribution in [3.05, 3.63) is 35.4 Å². The third-order valence-electron chi connectivity index (χ3n) is 1.54. The number of fused-ring (bicyclic) bond motifs is 1. The molecule has 0 saturated carbocycles. The van der Waals surface area contributed by atoms with Gasteiger partial charge >= 0.3 is 0 Å². The van der Waals surface area contributed by atoms with E-state index in [1.54, 1.807) is 12.1 Å². The first-order chi connectivity index (χ1) is 4.23. The van der Waals surface area contributed by atoms with E-state index in [0.717, 1.165) is 0 Å². The Labute approximate surface area is 51.1 Å². The van der Waals surface area contributed by atoms with Crippen LogP contribution in [0.4, 0.5) is 8.78 Å². The highest BCUT2D eigenvalue weighted by molar-refractivity contribution is 5.53. The zero-order valence-corrected chi connectivity index (χ0v) is 4.57. The molecule has 2 rings (SSSR count). The van der Waals surface area contributed by atoms with Crippen molar-refractivity contribution in [1.82, 2.24) is 0 Å². The van der Waals surface area contributed by atoms with Crippen LogP contribution in [0.25, 0.3) is 0 Å². The largest absolute Gasteiger partial charge is 0.299 e. The number of rotatable bonds is 0. The summed E-state index contributed by atoms with van der Waals surface area (Å²) in [7, 11) is 0. The van der Waals surface area contributed by atoms with Gasteiger partial charge in [0.2, 0.25) is 0 Å². The Morgan fingerprint density at radius 3 is 1.78 bits per heavy atom. The molecule has 0 bridgehead atoms. The summed E-state index contributed by atoms with van der Waals surface area (Å²) in [6.45, 7) is 0. The first-order valence-corrected chi connectivity index (χ1v) is 2.71. The smallest absolute Gasteiger partial charge is 0.196 e. The predicted molar refractivity (Wildman–Crippen MR) is 29.4 cm³/mol. The van der Waals surface area contributed by atoms with Gasteiger partial charge in [-0.15, -0.1) is 0 Å². The molecule has 0 radical (unpaired) electrons. The summed E-state index contributed by atoms with van der Waals surface area (Å²) in [5, 5.41) is 0. The van der Waals surface area contributed by atoms with Crippen LogP contribution < -0.4 is 0 Å². The Bertz CT molecular complexity index is 228. The van der Waals surface area contributed by atoms with Crippen molar-refractivity contribution in [2.75, 3.05) is 0 Å². The van der Waals surface area contributed by atoms with Gasteiger partial charge in [-0.05, 0) is 0 Å². The second-order valence-corrected chi connectivity index (χ2v) is 2.12. The van der Waals surface area contributed by atoms with Crippen LogP contribution in [-0.4, -0.2) is 0 Å². The van der Waals surface area contributed by atoms with E-state index in [9.17, 15) is 8.78 Å². The summed E-state index contributed by atoms with van der Waals surface area (Å²) in [5.74, 6) is -2.59. The Morgan fingerprint density at radius 1 is 1.00 bits per heavy atom. The lowest BCUT2D eigenvalue weighted by molar-refractivity contribution is 0.0990. The van der Waals surface area contributed by atoms with Gasteiger partial charge in [0.05, 0.1) is 0 Å². The summed E-state index contributed by atoms with van der Waals surface area (Å²) >= 11 is 0. The third-order valence-corrected chi connectivity index (χ3v) is 1.54. The van der Waals surface area contributed by atoms with E-state index in [2.05, 4.69) is 0 Å². The Kier molecular flexibility index (Phi) is 0.628. The summed E-state index contributed by atoms with van der Waals surface area (Å²) in [4.78, 5) is 0. The van der Waals surface area contributed by atoms with E-state index in [1.165, 1.54) is 12.1 Å². The van der Waals surface area contributed by atoms with Crippen LogP contribution >= 0.6 is 0 Å². The highest BCUT2D eigenvalue weighted by Crippen LogP contribution is 2.51. The molecule has 0 saturated heterocycles. The minimum atomic E-state index is -2.59. The lowest BCUT2D eigenvalue weighted by Gasteiger charge is -1.82. The number of benzene rings is 1. The quantitative estimate of drug-likeness (QED) is 0.499. The van der Waals surface area contributed by atoms with E-state index in [0.29, 0.717) is 0 Å². The number of hydrogen-bond donors (Lipinski definition) is 0. The molecule has 9 heavy (non-hydrogen) atoms. The molecule has 1 aromatic rings. The standard InChI is InChI=1S/C7H4F2/c8-7(9)5-3-1-2-4-6(5)7/h1-4H. The molecule has 0 aliphatic heterocycles. The maximum atomic E-state index is 12.3. The van der Waals surface area contributed by atoms with Crippen LogP contribution in [0, 0.1) is 0 Å². The van der Waals surface area contributed by atoms with Crippen LogP contribution in [0.1, 0.15) is 11.1 Å². The fourth-order valence-corrected chi connectivity index (χ4v) is 0.963. The topological polar surface area (TPSA) is 0 Å². The van der Waals surface area contributed by atoms with Crippen LogP contribution in [-0.2, 0) is 5.92 Å². The van der Waals surface area contributed by atoms with Crippen molar-refractivity contribution in [2.45, 2.75) is 5.92 Å². The summed E-state index contributed by atoms with van der Waals surface area (Å²) < 4.78 is 24.6. The molecule has 0 atom stereocenters. The van der Waals surface area contributed by atoms with Crippen molar-refractivity contribution in [2.24, 2.45) is 0 Å². The van der Waals surface area contributed by atoms with E-state index in [4.69, 9.17) is 0 Å². The highest BCUT2D eigenvalue weighted by Gasteiger charge is 2.52. The van der Waals surface area contributed by atoms with Crippen molar-refractivity contribution >= 4 is 0 Å². The zero-order valence-electron chi connectivity index (χ0n) is 4.57. The van der Waals surface area contributed by atoms with E-state index in [1.807, 2.05) is 0 Å². The van der Waals surface area contributed by atoms with Gasteiger partial charge in [0.25, 0.3) is 5.92 Å². The Morgan fingerprint density at radius 2 is 1.44 bits per heavy atom. The van der Waals surface area contributed by atoms with Gasteiger partial charge in [0, 0.05) is 11.1 Å². The second kappa shape index (κ2) is 1.15. The lowest BCUT2D eigenvalue weighted by atomic mass is 10.4. The molecule has 0 fully saturated rings. The van der Waals surface area contributed by atoms with Gasteiger partial charge in [-0.2, -0.15) is 8.78 Å². The van der Waals surface area contributed by atoms with Gasteiger partial charge in [0.1, 0.15) is 0 Å². The van der Waals surface area contributed by atoms with Crippen LogP contribution in [0.15, 0.2) is 24.3 Å². The molecule has 0 unspecified atom stereocenters. The Hall–Kier alpha value is -0.920. The van der Waals surface area contributed by atoms with Gasteiger partial charge in [-0.1, -0.05) is 24.3 Å². The molecule has 2 heteroatoms. The van der Waals surface area contributed by atoms with Crippen molar-refractivity contribution < 1.29 is 8.78 Å². The van der Waals surface area contributed by atoms with Crippen LogP contribution in [0.2, 0.25) is 0 Å². The van der Waals surface area contributed by atoms with E-state index < -0.39 is 5.92 Å². The molecule has 0 nitrogen and oxygen atoms in total. The molecule has 46 valence electrons.